The van der Waals surface area contributed by atoms with Crippen LogP contribution in [0.3, 0.4) is 0 Å². The Morgan fingerprint density at radius 2 is 2.12 bits per heavy atom. The summed E-state index contributed by atoms with van der Waals surface area (Å²) >= 11 is 0. The molecule has 0 radical (unpaired) electrons. The summed E-state index contributed by atoms with van der Waals surface area (Å²) in [6.07, 6.45) is 2.99. The largest absolute Gasteiger partial charge is 0.468 e. The van der Waals surface area contributed by atoms with Gasteiger partial charge in [-0.2, -0.15) is 0 Å². The molecule has 0 spiro atoms. The number of hydrogen-bond donors (Lipinski definition) is 1. The fraction of sp³-hybridized carbons (Fsp3) is 0.917. The molecule has 2 N–H and O–H groups in total. The van der Waals surface area contributed by atoms with E-state index in [0.29, 0.717) is 6.54 Å². The van der Waals surface area contributed by atoms with E-state index >= 15 is 0 Å². The maximum absolute atomic E-state index is 11.8. The summed E-state index contributed by atoms with van der Waals surface area (Å²) in [5.41, 5.74) is 5.38. The summed E-state index contributed by atoms with van der Waals surface area (Å²) in [5, 5.41) is 0. The molecule has 0 aromatic rings. The highest BCUT2D eigenvalue weighted by Crippen LogP contribution is 2.39. The summed E-state index contributed by atoms with van der Waals surface area (Å²) in [4.78, 5) is 13.9. The predicted octanol–water partition coefficient (Wildman–Crippen LogP) is 0.235. The summed E-state index contributed by atoms with van der Waals surface area (Å²) in [5.74, 6) is -0.0154. The van der Waals surface area contributed by atoms with Gasteiger partial charge in [0.1, 0.15) is 5.54 Å². The molecule has 100 valence electrons. The van der Waals surface area contributed by atoms with Gasteiger partial charge in [0, 0.05) is 26.8 Å². The van der Waals surface area contributed by atoms with E-state index in [2.05, 4.69) is 4.90 Å². The van der Waals surface area contributed by atoms with Crippen molar-refractivity contribution in [2.24, 2.45) is 11.7 Å². The number of likely N-dealkylation sites (N-methyl/N-ethyl adjacent to an activating group) is 1. The second kappa shape index (κ2) is 6.33. The van der Waals surface area contributed by atoms with Crippen LogP contribution in [0.25, 0.3) is 0 Å². The molecule has 5 nitrogen and oxygen atoms in total. The van der Waals surface area contributed by atoms with Crippen molar-refractivity contribution in [1.82, 2.24) is 4.90 Å². The van der Waals surface area contributed by atoms with Crippen LogP contribution in [0, 0.1) is 5.92 Å². The summed E-state index contributed by atoms with van der Waals surface area (Å²) in [6.45, 7) is 2.15. The Bertz CT molecular complexity index is 256. The summed E-state index contributed by atoms with van der Waals surface area (Å²) in [6, 6.07) is 0. The van der Waals surface area contributed by atoms with Gasteiger partial charge in [0.25, 0.3) is 0 Å². The lowest BCUT2D eigenvalue weighted by molar-refractivity contribution is -0.148. The lowest BCUT2D eigenvalue weighted by Gasteiger charge is -2.31. The van der Waals surface area contributed by atoms with Crippen molar-refractivity contribution in [1.29, 1.82) is 0 Å². The summed E-state index contributed by atoms with van der Waals surface area (Å²) < 4.78 is 9.83. The molecule has 1 aliphatic rings. The minimum absolute atomic E-state index is 0.278. The zero-order chi connectivity index (χ0) is 12.9. The number of carbonyl (C=O) groups is 1. The van der Waals surface area contributed by atoms with Crippen LogP contribution in [-0.4, -0.2) is 57.4 Å². The average molecular weight is 244 g/mol. The second-order valence-corrected chi connectivity index (χ2v) is 4.89. The van der Waals surface area contributed by atoms with Gasteiger partial charge in [-0.15, -0.1) is 0 Å². The first-order valence-corrected chi connectivity index (χ1v) is 6.09. The highest BCUT2D eigenvalue weighted by Gasteiger charge is 2.49. The molecular weight excluding hydrogens is 220 g/mol. The van der Waals surface area contributed by atoms with Gasteiger partial charge in [0.2, 0.25) is 0 Å². The van der Waals surface area contributed by atoms with Crippen molar-refractivity contribution in [3.05, 3.63) is 0 Å². The van der Waals surface area contributed by atoms with E-state index in [1.165, 1.54) is 7.11 Å². The van der Waals surface area contributed by atoms with Gasteiger partial charge in [0.15, 0.2) is 0 Å². The lowest BCUT2D eigenvalue weighted by Crippen LogP contribution is -2.58. The van der Waals surface area contributed by atoms with Crippen LogP contribution in [0.1, 0.15) is 19.3 Å². The number of ether oxygens (including phenoxy) is 2. The normalized spacial score (nSPS) is 19.1. The predicted molar refractivity (Wildman–Crippen MR) is 65.6 cm³/mol. The van der Waals surface area contributed by atoms with Crippen molar-refractivity contribution in [3.63, 3.8) is 0 Å². The molecule has 0 aromatic heterocycles. The fourth-order valence-corrected chi connectivity index (χ4v) is 2.15. The Hall–Kier alpha value is -0.650. The minimum Gasteiger partial charge on any atom is -0.468 e. The second-order valence-electron chi connectivity index (χ2n) is 4.89. The van der Waals surface area contributed by atoms with E-state index in [1.54, 1.807) is 7.11 Å². The molecule has 0 saturated heterocycles. The molecule has 1 fully saturated rings. The number of carbonyl (C=O) groups excluding carboxylic acids is 1. The highest BCUT2D eigenvalue weighted by atomic mass is 16.5. The van der Waals surface area contributed by atoms with E-state index in [9.17, 15) is 4.79 Å². The molecule has 0 amide bonds. The molecule has 0 aromatic carbocycles. The number of esters is 1. The topological polar surface area (TPSA) is 64.8 Å². The monoisotopic (exact) mass is 244 g/mol. The Labute approximate surface area is 103 Å². The zero-order valence-electron chi connectivity index (χ0n) is 11.1. The third-order valence-electron chi connectivity index (χ3n) is 3.29. The molecule has 0 aliphatic heterocycles. The van der Waals surface area contributed by atoms with Crippen LogP contribution in [0.15, 0.2) is 0 Å². The molecule has 1 saturated carbocycles. The SMILES string of the molecule is COCCCN(C)CC(N)(C(=O)OC)C1CC1. The first-order chi connectivity index (χ1) is 8.04. The fourth-order valence-electron chi connectivity index (χ4n) is 2.15. The van der Waals surface area contributed by atoms with Crippen LogP contribution in [-0.2, 0) is 14.3 Å². The quantitative estimate of drug-likeness (QED) is 0.489. The van der Waals surface area contributed by atoms with Gasteiger partial charge in [-0.1, -0.05) is 0 Å². The number of rotatable bonds is 8. The van der Waals surface area contributed by atoms with Crippen molar-refractivity contribution in [3.8, 4) is 0 Å². The maximum atomic E-state index is 11.8. The van der Waals surface area contributed by atoms with Gasteiger partial charge >= 0.3 is 5.97 Å². The molecule has 0 bridgehead atoms. The molecule has 1 aliphatic carbocycles. The number of nitrogens with two attached hydrogens (primary N) is 1. The lowest BCUT2D eigenvalue weighted by atomic mass is 9.94. The van der Waals surface area contributed by atoms with E-state index < -0.39 is 5.54 Å². The molecule has 1 atom stereocenters. The van der Waals surface area contributed by atoms with E-state index in [4.69, 9.17) is 15.2 Å². The van der Waals surface area contributed by atoms with E-state index in [1.807, 2.05) is 7.05 Å². The highest BCUT2D eigenvalue weighted by molar-refractivity contribution is 5.81. The molecule has 1 unspecified atom stereocenters. The van der Waals surface area contributed by atoms with Gasteiger partial charge < -0.3 is 20.1 Å². The van der Waals surface area contributed by atoms with Crippen LogP contribution < -0.4 is 5.73 Å². The summed E-state index contributed by atoms with van der Waals surface area (Å²) in [7, 11) is 5.06. The van der Waals surface area contributed by atoms with Crippen molar-refractivity contribution >= 4 is 5.97 Å². The zero-order valence-corrected chi connectivity index (χ0v) is 11.1. The Morgan fingerprint density at radius 1 is 1.47 bits per heavy atom. The van der Waals surface area contributed by atoms with Crippen LogP contribution >= 0.6 is 0 Å². The van der Waals surface area contributed by atoms with Crippen molar-refractivity contribution in [2.45, 2.75) is 24.8 Å². The maximum Gasteiger partial charge on any atom is 0.327 e. The van der Waals surface area contributed by atoms with E-state index in [-0.39, 0.29) is 11.9 Å². The number of methoxy groups -OCH3 is 2. The van der Waals surface area contributed by atoms with Gasteiger partial charge in [-0.05, 0) is 32.2 Å². The number of hydrogen-bond acceptors (Lipinski definition) is 5. The standard InChI is InChI=1S/C12H24N2O3/c1-14(7-4-8-16-2)9-12(13,10-5-6-10)11(15)17-3/h10H,4-9,13H2,1-3H3. The minimum atomic E-state index is -0.837. The van der Waals surface area contributed by atoms with Crippen molar-refractivity contribution < 1.29 is 14.3 Å². The third kappa shape index (κ3) is 3.94. The first kappa shape index (κ1) is 14.4. The Kier molecular flexibility index (Phi) is 5.36. The van der Waals surface area contributed by atoms with Gasteiger partial charge in [-0.25, -0.2) is 0 Å². The Balaban J connectivity index is 2.46. The molecule has 5 heteroatoms. The van der Waals surface area contributed by atoms with E-state index in [0.717, 1.165) is 32.4 Å². The van der Waals surface area contributed by atoms with Crippen LogP contribution in [0.2, 0.25) is 0 Å². The first-order valence-electron chi connectivity index (χ1n) is 6.09. The molecule has 17 heavy (non-hydrogen) atoms. The molecular formula is C12H24N2O3. The third-order valence-corrected chi connectivity index (χ3v) is 3.29. The molecule has 0 heterocycles. The van der Waals surface area contributed by atoms with Gasteiger partial charge in [0.05, 0.1) is 7.11 Å². The molecule has 1 rings (SSSR count). The average Bonchev–Trinajstić information content (AvgIpc) is 3.12. The smallest absolute Gasteiger partial charge is 0.327 e. The van der Waals surface area contributed by atoms with Gasteiger partial charge in [-0.3, -0.25) is 4.79 Å². The van der Waals surface area contributed by atoms with Crippen molar-refractivity contribution in [2.75, 3.05) is 41.0 Å². The Morgan fingerprint density at radius 3 is 2.59 bits per heavy atom. The van der Waals surface area contributed by atoms with Crippen LogP contribution in [0.4, 0.5) is 0 Å². The number of nitrogens with zero attached hydrogens (tertiary/aromatic N) is 1. The van der Waals surface area contributed by atoms with Crippen LogP contribution in [0.5, 0.6) is 0 Å².